The second-order valence-electron chi connectivity index (χ2n) is 7.33. The third-order valence-corrected chi connectivity index (χ3v) is 5.01. The molecule has 1 aromatic carbocycles. The summed E-state index contributed by atoms with van der Waals surface area (Å²) in [7, 11) is 0. The molecule has 0 aliphatic heterocycles. The number of anilines is 1. The number of hydrogen-bond donors (Lipinski definition) is 3. The van der Waals surface area contributed by atoms with Crippen LogP contribution in [0.4, 0.5) is 14.5 Å². The van der Waals surface area contributed by atoms with Gasteiger partial charge in [-0.25, -0.2) is 13.8 Å². The Morgan fingerprint density at radius 3 is 2.64 bits per heavy atom. The molecule has 0 radical (unpaired) electrons. The van der Waals surface area contributed by atoms with Crippen molar-refractivity contribution in [3.05, 3.63) is 75.2 Å². The number of carbonyl (C=O) groups is 2. The number of rotatable bonds is 9. The van der Waals surface area contributed by atoms with E-state index in [1.165, 1.54) is 30.5 Å². The molecule has 8 nitrogen and oxygen atoms in total. The van der Waals surface area contributed by atoms with Gasteiger partial charge in [-0.15, -0.1) is 4.73 Å². The predicted molar refractivity (Wildman–Crippen MR) is 117 cm³/mol. The van der Waals surface area contributed by atoms with E-state index in [1.807, 2.05) is 0 Å². The quantitative estimate of drug-likeness (QED) is 0.255. The summed E-state index contributed by atoms with van der Waals surface area (Å²) < 4.78 is 27.1. The van der Waals surface area contributed by atoms with Crippen LogP contribution in [0.2, 0.25) is 0 Å². The smallest absolute Gasteiger partial charge is 0.297 e. The van der Waals surface area contributed by atoms with Crippen molar-refractivity contribution in [3.8, 4) is 0 Å². The zero-order valence-electron chi connectivity index (χ0n) is 17.4. The SMILES string of the molecule is Nc1c(C(=O)CCc2ccc(F)cc2F)c(=O)n(O)c2ncc(/C=C/C(=O)CCCO)cc12. The minimum atomic E-state index is -1.07. The molecule has 2 aromatic heterocycles. The second kappa shape index (κ2) is 10.1. The van der Waals surface area contributed by atoms with Gasteiger partial charge >= 0.3 is 0 Å². The summed E-state index contributed by atoms with van der Waals surface area (Å²) in [5.41, 5.74) is 4.66. The Bertz CT molecular complexity index is 1320. The summed E-state index contributed by atoms with van der Waals surface area (Å²) in [5, 5.41) is 19.1. The van der Waals surface area contributed by atoms with Gasteiger partial charge in [-0.1, -0.05) is 6.07 Å². The third-order valence-electron chi connectivity index (χ3n) is 5.01. The van der Waals surface area contributed by atoms with Crippen molar-refractivity contribution in [3.63, 3.8) is 0 Å². The molecule has 0 aliphatic rings. The van der Waals surface area contributed by atoms with Gasteiger partial charge in [0.1, 0.15) is 17.2 Å². The summed E-state index contributed by atoms with van der Waals surface area (Å²) in [5.74, 6) is -2.51. The highest BCUT2D eigenvalue weighted by molar-refractivity contribution is 6.07. The number of carbonyl (C=O) groups excluding carboxylic acids is 2. The van der Waals surface area contributed by atoms with Gasteiger partial charge in [-0.2, -0.15) is 0 Å². The highest BCUT2D eigenvalue weighted by atomic mass is 19.1. The Balaban J connectivity index is 1.92. The number of Topliss-reactive ketones (excluding diaryl/α,β-unsaturated/α-hetero) is 1. The van der Waals surface area contributed by atoms with Crippen LogP contribution < -0.4 is 11.3 Å². The minimum Gasteiger partial charge on any atom is -0.423 e. The highest BCUT2D eigenvalue weighted by Gasteiger charge is 2.22. The van der Waals surface area contributed by atoms with Gasteiger partial charge in [0.25, 0.3) is 5.56 Å². The lowest BCUT2D eigenvalue weighted by Crippen LogP contribution is -2.28. The van der Waals surface area contributed by atoms with Crippen LogP contribution in [0.5, 0.6) is 0 Å². The Hall–Kier alpha value is -3.92. The van der Waals surface area contributed by atoms with Gasteiger partial charge in [-0.3, -0.25) is 14.4 Å². The standard InChI is InChI=1S/C23H21F2N3O5/c24-15-6-4-14(18(25)11-15)5-8-19(31)20-21(26)17-10-13(3-7-16(30)2-1-9-29)12-27-22(17)28(33)23(20)32/h3-4,6-7,10-12,29,33H,1-2,5,8-9,26H2/b7-3+. The fourth-order valence-electron chi connectivity index (χ4n) is 3.28. The fourth-order valence-corrected chi connectivity index (χ4v) is 3.28. The summed E-state index contributed by atoms with van der Waals surface area (Å²) in [6.07, 6.45) is 4.15. The predicted octanol–water partition coefficient (Wildman–Crippen LogP) is 2.66. The van der Waals surface area contributed by atoms with E-state index in [9.17, 15) is 28.4 Å². The number of aromatic nitrogens is 2. The second-order valence-corrected chi connectivity index (χ2v) is 7.33. The number of ketones is 2. The van der Waals surface area contributed by atoms with Gasteiger partial charge in [0.15, 0.2) is 17.2 Å². The zero-order valence-corrected chi connectivity index (χ0v) is 17.4. The summed E-state index contributed by atoms with van der Waals surface area (Å²) in [6, 6.07) is 4.41. The van der Waals surface area contributed by atoms with Gasteiger partial charge in [0, 0.05) is 37.1 Å². The van der Waals surface area contributed by atoms with E-state index < -0.39 is 28.5 Å². The molecule has 0 spiro atoms. The molecule has 0 bridgehead atoms. The normalized spacial score (nSPS) is 11.4. The van der Waals surface area contributed by atoms with E-state index in [0.29, 0.717) is 18.1 Å². The molecule has 0 unspecified atom stereocenters. The number of hydrogen-bond acceptors (Lipinski definition) is 7. The maximum absolute atomic E-state index is 13.8. The molecule has 10 heteroatoms. The topological polar surface area (TPSA) is 136 Å². The van der Waals surface area contributed by atoms with Gasteiger partial charge in [0.2, 0.25) is 0 Å². The number of nitrogen functional groups attached to an aromatic ring is 1. The third kappa shape index (κ3) is 5.29. The van der Waals surface area contributed by atoms with Gasteiger partial charge < -0.3 is 16.0 Å². The number of nitrogens with zero attached hydrogens (tertiary/aromatic N) is 2. The first-order valence-corrected chi connectivity index (χ1v) is 10.0. The van der Waals surface area contributed by atoms with Crippen LogP contribution in [-0.4, -0.2) is 38.2 Å². The van der Waals surface area contributed by atoms with Crippen LogP contribution >= 0.6 is 0 Å². The number of allylic oxidation sites excluding steroid dienone is 1. The van der Waals surface area contributed by atoms with Gasteiger partial charge in [-0.05, 0) is 48.3 Å². The molecule has 3 rings (SSSR count). The Labute approximate surface area is 186 Å². The van der Waals surface area contributed by atoms with E-state index in [-0.39, 0.29) is 58.7 Å². The zero-order chi connectivity index (χ0) is 24.1. The first kappa shape index (κ1) is 23.7. The minimum absolute atomic E-state index is 0.0911. The molecule has 3 aromatic rings. The number of pyridine rings is 2. The van der Waals surface area contributed by atoms with Crippen LogP contribution in [0.3, 0.4) is 0 Å². The van der Waals surface area contributed by atoms with Gasteiger partial charge in [0.05, 0.1) is 5.69 Å². The van der Waals surface area contributed by atoms with Crippen LogP contribution in [0.15, 0.2) is 41.3 Å². The maximum Gasteiger partial charge on any atom is 0.297 e. The summed E-state index contributed by atoms with van der Waals surface area (Å²) in [4.78, 5) is 41.0. The van der Waals surface area contributed by atoms with Crippen molar-refractivity contribution in [1.82, 2.24) is 9.71 Å². The van der Waals surface area contributed by atoms with Crippen molar-refractivity contribution in [2.75, 3.05) is 12.3 Å². The van der Waals surface area contributed by atoms with E-state index in [0.717, 1.165) is 6.07 Å². The van der Waals surface area contributed by atoms with Crippen molar-refractivity contribution < 1.29 is 28.7 Å². The van der Waals surface area contributed by atoms with Crippen molar-refractivity contribution in [2.24, 2.45) is 0 Å². The number of halogens is 2. The van der Waals surface area contributed by atoms with Crippen molar-refractivity contribution in [1.29, 1.82) is 0 Å². The summed E-state index contributed by atoms with van der Waals surface area (Å²) in [6.45, 7) is -0.105. The molecule has 0 amide bonds. The van der Waals surface area contributed by atoms with Crippen LogP contribution in [0.1, 0.15) is 40.7 Å². The number of aliphatic hydroxyl groups is 1. The molecule has 0 saturated carbocycles. The Morgan fingerprint density at radius 2 is 1.94 bits per heavy atom. The Morgan fingerprint density at radius 1 is 1.18 bits per heavy atom. The lowest BCUT2D eigenvalue weighted by Gasteiger charge is -2.11. The first-order chi connectivity index (χ1) is 15.7. The van der Waals surface area contributed by atoms with E-state index in [4.69, 9.17) is 10.8 Å². The molecule has 0 aliphatic carbocycles. The van der Waals surface area contributed by atoms with Crippen LogP contribution in [0, 0.1) is 11.6 Å². The molecule has 33 heavy (non-hydrogen) atoms. The monoisotopic (exact) mass is 457 g/mol. The van der Waals surface area contributed by atoms with Crippen LogP contribution in [-0.2, 0) is 11.2 Å². The number of aryl methyl sites for hydroxylation is 1. The highest BCUT2D eigenvalue weighted by Crippen LogP contribution is 2.24. The molecular weight excluding hydrogens is 436 g/mol. The largest absolute Gasteiger partial charge is 0.423 e. The average molecular weight is 457 g/mol. The molecule has 2 heterocycles. The molecule has 4 N–H and O–H groups in total. The molecule has 0 fully saturated rings. The number of aliphatic hydroxyl groups excluding tert-OH is 1. The molecule has 0 saturated heterocycles. The lowest BCUT2D eigenvalue weighted by molar-refractivity contribution is -0.114. The number of fused-ring (bicyclic) bond motifs is 1. The molecule has 172 valence electrons. The van der Waals surface area contributed by atoms with E-state index in [1.54, 1.807) is 0 Å². The lowest BCUT2D eigenvalue weighted by atomic mass is 10.0. The average Bonchev–Trinajstić information content (AvgIpc) is 2.79. The first-order valence-electron chi connectivity index (χ1n) is 10.0. The van der Waals surface area contributed by atoms with E-state index in [2.05, 4.69) is 4.98 Å². The Kier molecular flexibility index (Phi) is 7.29. The maximum atomic E-state index is 13.8. The van der Waals surface area contributed by atoms with Crippen LogP contribution in [0.25, 0.3) is 17.1 Å². The fraction of sp³-hybridized carbons (Fsp3) is 0.217. The van der Waals surface area contributed by atoms with Crippen molar-refractivity contribution >= 4 is 34.4 Å². The van der Waals surface area contributed by atoms with E-state index >= 15 is 0 Å². The number of nitrogens with two attached hydrogens (primary N) is 1. The van der Waals surface area contributed by atoms with Crippen molar-refractivity contribution in [2.45, 2.75) is 25.7 Å². The molecular formula is C23H21F2N3O5. The number of benzene rings is 1. The summed E-state index contributed by atoms with van der Waals surface area (Å²) >= 11 is 0. The molecule has 0 atom stereocenters.